The van der Waals surface area contributed by atoms with E-state index in [0.717, 1.165) is 4.57 Å². The summed E-state index contributed by atoms with van der Waals surface area (Å²) < 4.78 is 47.6. The zero-order valence-electron chi connectivity index (χ0n) is 16.0. The molecular formula is C19H19F3N4O3. The fraction of sp³-hybridized carbons (Fsp3) is 0.316. The summed E-state index contributed by atoms with van der Waals surface area (Å²) in [5.74, 6) is 0.0766. The monoisotopic (exact) mass is 408 g/mol. The van der Waals surface area contributed by atoms with Gasteiger partial charge in [0.2, 0.25) is 5.91 Å². The number of anilines is 1. The van der Waals surface area contributed by atoms with E-state index < -0.39 is 29.8 Å². The van der Waals surface area contributed by atoms with E-state index in [1.165, 1.54) is 18.7 Å². The van der Waals surface area contributed by atoms with Gasteiger partial charge in [0.25, 0.3) is 5.56 Å². The minimum atomic E-state index is -4.71. The maximum Gasteiger partial charge on any atom is 0.417 e. The number of fused-ring (bicyclic) bond motifs is 1. The second-order valence-electron chi connectivity index (χ2n) is 6.39. The van der Waals surface area contributed by atoms with Crippen LogP contribution < -0.4 is 15.6 Å². The van der Waals surface area contributed by atoms with Crippen molar-refractivity contribution in [2.24, 2.45) is 7.05 Å². The molecule has 0 saturated heterocycles. The molecule has 29 heavy (non-hydrogen) atoms. The van der Waals surface area contributed by atoms with E-state index in [1.807, 2.05) is 6.92 Å². The Labute approximate surface area is 163 Å². The summed E-state index contributed by atoms with van der Waals surface area (Å²) in [6, 6.07) is 7.10. The minimum Gasteiger partial charge on any atom is -0.494 e. The van der Waals surface area contributed by atoms with E-state index in [-0.39, 0.29) is 16.7 Å². The van der Waals surface area contributed by atoms with Crippen molar-refractivity contribution in [1.29, 1.82) is 0 Å². The van der Waals surface area contributed by atoms with Crippen molar-refractivity contribution < 1.29 is 22.7 Å². The number of pyridine rings is 1. The summed E-state index contributed by atoms with van der Waals surface area (Å²) in [7, 11) is 1.43. The van der Waals surface area contributed by atoms with Crippen molar-refractivity contribution in [3.63, 3.8) is 0 Å². The van der Waals surface area contributed by atoms with Gasteiger partial charge in [-0.05, 0) is 38.1 Å². The van der Waals surface area contributed by atoms with Crippen molar-refractivity contribution in [2.75, 3.05) is 11.9 Å². The third-order valence-electron chi connectivity index (χ3n) is 4.31. The van der Waals surface area contributed by atoms with Gasteiger partial charge in [0.05, 0.1) is 23.3 Å². The van der Waals surface area contributed by atoms with E-state index in [4.69, 9.17) is 4.74 Å². The van der Waals surface area contributed by atoms with Crippen LogP contribution in [0.3, 0.4) is 0 Å². The number of ether oxygens (including phenoxy) is 1. The topological polar surface area (TPSA) is 78.2 Å². The molecule has 0 aliphatic rings. The predicted octanol–water partition coefficient (Wildman–Crippen LogP) is 3.10. The molecule has 2 heterocycles. The number of hydrogen-bond donors (Lipinski definition) is 1. The van der Waals surface area contributed by atoms with Crippen molar-refractivity contribution in [3.05, 3.63) is 51.9 Å². The van der Waals surface area contributed by atoms with Crippen LogP contribution in [0.5, 0.6) is 5.75 Å². The first kappa shape index (κ1) is 20.4. The van der Waals surface area contributed by atoms with Crippen molar-refractivity contribution in [2.45, 2.75) is 26.6 Å². The van der Waals surface area contributed by atoms with Crippen LogP contribution in [0.1, 0.15) is 18.2 Å². The Morgan fingerprint density at radius 3 is 2.48 bits per heavy atom. The van der Waals surface area contributed by atoms with Gasteiger partial charge in [-0.25, -0.2) is 0 Å². The predicted molar refractivity (Wildman–Crippen MR) is 101 cm³/mol. The molecule has 0 spiro atoms. The van der Waals surface area contributed by atoms with Gasteiger partial charge in [-0.15, -0.1) is 0 Å². The third-order valence-corrected chi connectivity index (χ3v) is 4.31. The number of benzene rings is 1. The second-order valence-corrected chi connectivity index (χ2v) is 6.39. The van der Waals surface area contributed by atoms with Gasteiger partial charge in [0.1, 0.15) is 17.9 Å². The highest BCUT2D eigenvalue weighted by Gasteiger charge is 2.36. The lowest BCUT2D eigenvalue weighted by atomic mass is 10.1. The molecule has 1 amide bonds. The SMILES string of the molecule is CCOc1ccc(NC(=O)Cn2c(=O)cc(C(F)(F)F)c3c(C)nn(C)c32)cc1. The summed E-state index contributed by atoms with van der Waals surface area (Å²) in [5, 5.41) is 6.41. The van der Waals surface area contributed by atoms with Crippen molar-refractivity contribution in [3.8, 4) is 5.75 Å². The van der Waals surface area contributed by atoms with Crippen molar-refractivity contribution >= 4 is 22.6 Å². The van der Waals surface area contributed by atoms with Gasteiger partial charge in [-0.2, -0.15) is 18.3 Å². The molecule has 2 aromatic heterocycles. The highest BCUT2D eigenvalue weighted by molar-refractivity contribution is 5.92. The molecule has 0 radical (unpaired) electrons. The summed E-state index contributed by atoms with van der Waals surface area (Å²) in [6.45, 7) is 3.31. The fourth-order valence-corrected chi connectivity index (χ4v) is 3.17. The van der Waals surface area contributed by atoms with Gasteiger partial charge in [-0.3, -0.25) is 18.8 Å². The molecular weight excluding hydrogens is 389 g/mol. The molecule has 0 aliphatic heterocycles. The Kier molecular flexibility index (Phi) is 5.36. The lowest BCUT2D eigenvalue weighted by molar-refractivity contribution is -0.136. The third kappa shape index (κ3) is 4.10. The van der Waals surface area contributed by atoms with Crippen LogP contribution in [-0.2, 0) is 24.6 Å². The maximum absolute atomic E-state index is 13.4. The van der Waals surface area contributed by atoms with Crippen molar-refractivity contribution in [1.82, 2.24) is 14.3 Å². The van der Waals surface area contributed by atoms with Gasteiger partial charge in [-0.1, -0.05) is 0 Å². The zero-order chi connectivity index (χ0) is 21.3. The van der Waals surface area contributed by atoms with E-state index in [9.17, 15) is 22.8 Å². The van der Waals surface area contributed by atoms with Crippen LogP contribution in [0.25, 0.3) is 11.0 Å². The number of halogens is 3. The Morgan fingerprint density at radius 2 is 1.90 bits per heavy atom. The molecule has 1 N–H and O–H groups in total. The standard InChI is InChI=1S/C19H19F3N4O3/c1-4-29-13-7-5-12(6-8-13)23-15(27)10-26-16(28)9-14(19(20,21)22)17-11(2)24-25(3)18(17)26/h5-9H,4,10H2,1-3H3,(H,23,27). The lowest BCUT2D eigenvalue weighted by Crippen LogP contribution is -2.30. The smallest absolute Gasteiger partial charge is 0.417 e. The highest BCUT2D eigenvalue weighted by atomic mass is 19.4. The Bertz CT molecular complexity index is 1110. The van der Waals surface area contributed by atoms with Gasteiger partial charge in [0, 0.05) is 18.8 Å². The molecule has 0 saturated carbocycles. The Balaban J connectivity index is 1.95. The normalized spacial score (nSPS) is 11.7. The number of amides is 1. The number of alkyl halides is 3. The molecule has 7 nitrogen and oxygen atoms in total. The van der Waals surface area contributed by atoms with Gasteiger partial charge < -0.3 is 10.1 Å². The highest BCUT2D eigenvalue weighted by Crippen LogP contribution is 2.35. The average Bonchev–Trinajstić information content (AvgIpc) is 2.92. The van der Waals surface area contributed by atoms with E-state index in [1.54, 1.807) is 24.3 Å². The van der Waals surface area contributed by atoms with Gasteiger partial charge in [0.15, 0.2) is 0 Å². The van der Waals surface area contributed by atoms with Crippen LogP contribution in [0.15, 0.2) is 35.1 Å². The van der Waals surface area contributed by atoms with Gasteiger partial charge >= 0.3 is 6.18 Å². The largest absolute Gasteiger partial charge is 0.494 e. The summed E-state index contributed by atoms with van der Waals surface area (Å²) in [4.78, 5) is 24.8. The number of nitrogens with zero attached hydrogens (tertiary/aromatic N) is 3. The molecule has 0 unspecified atom stereocenters. The Hall–Kier alpha value is -3.30. The molecule has 0 fully saturated rings. The number of carbonyl (C=O) groups excluding carboxylic acids is 1. The molecule has 1 aromatic carbocycles. The number of hydrogen-bond acceptors (Lipinski definition) is 4. The zero-order valence-corrected chi connectivity index (χ0v) is 16.0. The Morgan fingerprint density at radius 1 is 1.24 bits per heavy atom. The van der Waals surface area contributed by atoms with E-state index in [0.29, 0.717) is 24.1 Å². The maximum atomic E-state index is 13.4. The van der Waals surface area contributed by atoms with Crippen LogP contribution in [0.4, 0.5) is 18.9 Å². The summed E-state index contributed by atoms with van der Waals surface area (Å²) in [6.07, 6.45) is -4.71. The average molecular weight is 408 g/mol. The molecule has 3 rings (SSSR count). The molecule has 3 aromatic rings. The number of rotatable bonds is 5. The van der Waals surface area contributed by atoms with Crippen LogP contribution in [0, 0.1) is 6.92 Å². The fourth-order valence-electron chi connectivity index (χ4n) is 3.17. The first-order chi connectivity index (χ1) is 13.6. The van der Waals surface area contributed by atoms with E-state index >= 15 is 0 Å². The number of nitrogens with one attached hydrogen (secondary N) is 1. The van der Waals surface area contributed by atoms with E-state index in [2.05, 4.69) is 10.4 Å². The van der Waals surface area contributed by atoms with Crippen LogP contribution in [-0.4, -0.2) is 26.9 Å². The summed E-state index contributed by atoms with van der Waals surface area (Å²) in [5.41, 5.74) is -1.48. The van der Waals surface area contributed by atoms with Crippen LogP contribution >= 0.6 is 0 Å². The minimum absolute atomic E-state index is 0.0656. The number of aryl methyl sites for hydroxylation is 2. The molecule has 154 valence electrons. The second kappa shape index (κ2) is 7.61. The summed E-state index contributed by atoms with van der Waals surface area (Å²) >= 11 is 0. The van der Waals surface area contributed by atoms with Crippen LogP contribution in [0.2, 0.25) is 0 Å². The number of carbonyl (C=O) groups is 1. The number of aromatic nitrogens is 3. The first-order valence-corrected chi connectivity index (χ1v) is 8.79. The molecule has 0 aliphatic carbocycles. The quantitative estimate of drug-likeness (QED) is 0.704. The molecule has 0 atom stereocenters. The lowest BCUT2D eigenvalue weighted by Gasteiger charge is -2.14. The molecule has 10 heteroatoms. The first-order valence-electron chi connectivity index (χ1n) is 8.79. The molecule has 0 bridgehead atoms.